The molecule has 1 rings (SSSR count). The topological polar surface area (TPSA) is 66.4 Å². The molecule has 1 fully saturated rings. The summed E-state index contributed by atoms with van der Waals surface area (Å²) in [7, 11) is 1.31. The van der Waals surface area contributed by atoms with Crippen molar-refractivity contribution in [3.05, 3.63) is 0 Å². The van der Waals surface area contributed by atoms with Crippen LogP contribution in [0, 0.1) is 5.41 Å². The second-order valence-corrected chi connectivity index (χ2v) is 4.10. The Balaban J connectivity index is 0.00000144. The Hall–Kier alpha value is 0.580. The molecule has 0 spiro atoms. The van der Waals surface area contributed by atoms with E-state index in [9.17, 15) is 13.6 Å². The van der Waals surface area contributed by atoms with E-state index in [1.807, 2.05) is 0 Å². The van der Waals surface area contributed by atoms with Gasteiger partial charge in [0.1, 0.15) is 0 Å². The van der Waals surface area contributed by atoms with E-state index in [-0.39, 0.29) is 53.1 Å². The molecule has 0 radical (unpaired) electrons. The van der Waals surface area contributed by atoms with E-state index in [1.165, 1.54) is 7.11 Å². The molecule has 13 heavy (non-hydrogen) atoms. The second kappa shape index (κ2) is 5.46. The van der Waals surface area contributed by atoms with Crippen molar-refractivity contribution in [2.75, 3.05) is 12.9 Å². The zero-order valence-electron chi connectivity index (χ0n) is 7.87. The summed E-state index contributed by atoms with van der Waals surface area (Å²) in [5.41, 5.74) is -0.292. The van der Waals surface area contributed by atoms with Crippen molar-refractivity contribution >= 4 is 17.0 Å². The molecule has 1 atom stereocenters. The van der Waals surface area contributed by atoms with Crippen molar-refractivity contribution in [3.8, 4) is 0 Å². The molecule has 0 amide bonds. The summed E-state index contributed by atoms with van der Waals surface area (Å²) in [4.78, 5) is 10.8. The average Bonchev–Trinajstić information content (AvgIpc) is 2.67. The van der Waals surface area contributed by atoms with Gasteiger partial charge in [0, 0.05) is 5.75 Å². The maximum Gasteiger partial charge on any atom is 1.00 e. The Morgan fingerprint density at radius 2 is 2.15 bits per heavy atom. The van der Waals surface area contributed by atoms with Gasteiger partial charge in [-0.1, -0.05) is 11.1 Å². The third-order valence-electron chi connectivity index (χ3n) is 2.13. The van der Waals surface area contributed by atoms with E-state index in [1.54, 1.807) is 0 Å². The van der Waals surface area contributed by atoms with Crippen molar-refractivity contribution in [1.29, 1.82) is 0 Å². The minimum atomic E-state index is -2.05. The quantitative estimate of drug-likeness (QED) is 0.288. The predicted molar refractivity (Wildman–Crippen MR) is 42.1 cm³/mol. The SMILES string of the molecule is COC(=O)CC1(CS(=O)[O-])CC1.[Na+]. The normalized spacial score (nSPS) is 19.8. The molecule has 6 heteroatoms. The van der Waals surface area contributed by atoms with Crippen molar-refractivity contribution in [3.63, 3.8) is 0 Å². The fourth-order valence-corrected chi connectivity index (χ4v) is 2.07. The van der Waals surface area contributed by atoms with Crippen molar-refractivity contribution in [2.24, 2.45) is 5.41 Å². The molecular formula is C7H11NaO4S. The summed E-state index contributed by atoms with van der Waals surface area (Å²) in [6.07, 6.45) is 1.86. The van der Waals surface area contributed by atoms with Crippen molar-refractivity contribution in [2.45, 2.75) is 19.3 Å². The van der Waals surface area contributed by atoms with Crippen molar-refractivity contribution < 1.29 is 47.9 Å². The Morgan fingerprint density at radius 3 is 2.46 bits per heavy atom. The van der Waals surface area contributed by atoms with Gasteiger partial charge in [0.25, 0.3) is 0 Å². The molecule has 0 aromatic heterocycles. The van der Waals surface area contributed by atoms with Gasteiger partial charge in [-0.2, -0.15) is 0 Å². The van der Waals surface area contributed by atoms with E-state index in [4.69, 9.17) is 0 Å². The van der Waals surface area contributed by atoms with Gasteiger partial charge in [-0.3, -0.25) is 9.00 Å². The molecule has 0 aliphatic heterocycles. The van der Waals surface area contributed by atoms with Gasteiger partial charge in [0.15, 0.2) is 0 Å². The molecule has 70 valence electrons. The second-order valence-electron chi connectivity index (χ2n) is 3.20. The summed E-state index contributed by atoms with van der Waals surface area (Å²) < 4.78 is 25.2. The molecule has 0 aromatic carbocycles. The third kappa shape index (κ3) is 4.56. The van der Waals surface area contributed by atoms with E-state index in [2.05, 4.69) is 4.74 Å². The standard InChI is InChI=1S/C7H12O4S.Na/c1-11-6(8)4-7(2-3-7)5-12(9)10;/h2-5H2,1H3,(H,9,10);/q;+1/p-1. The molecule has 1 saturated carbocycles. The molecule has 0 saturated heterocycles. The summed E-state index contributed by atoms with van der Waals surface area (Å²) in [6, 6.07) is 0. The Labute approximate surface area is 102 Å². The van der Waals surface area contributed by atoms with Gasteiger partial charge in [-0.25, -0.2) is 0 Å². The Kier molecular flexibility index (Phi) is 5.70. The van der Waals surface area contributed by atoms with Crippen LogP contribution in [0.3, 0.4) is 0 Å². The number of hydrogen-bond donors (Lipinski definition) is 0. The number of ether oxygens (including phenoxy) is 1. The van der Waals surface area contributed by atoms with E-state index >= 15 is 0 Å². The molecule has 1 aliphatic rings. The van der Waals surface area contributed by atoms with Gasteiger partial charge in [0.05, 0.1) is 13.5 Å². The van der Waals surface area contributed by atoms with Gasteiger partial charge in [0.2, 0.25) is 0 Å². The van der Waals surface area contributed by atoms with Gasteiger partial charge in [-0.05, 0) is 18.3 Å². The van der Waals surface area contributed by atoms with Crippen molar-refractivity contribution in [1.82, 2.24) is 0 Å². The summed E-state index contributed by atoms with van der Waals surface area (Å²) in [6.45, 7) is 0. The minimum absolute atomic E-state index is 0. The average molecular weight is 214 g/mol. The zero-order valence-corrected chi connectivity index (χ0v) is 10.7. The van der Waals surface area contributed by atoms with Crippen LogP contribution < -0.4 is 29.6 Å². The molecule has 1 aliphatic carbocycles. The first kappa shape index (κ1) is 13.6. The van der Waals surface area contributed by atoms with Crippen LogP contribution in [0.4, 0.5) is 0 Å². The predicted octanol–water partition coefficient (Wildman–Crippen LogP) is -2.79. The third-order valence-corrected chi connectivity index (χ3v) is 2.98. The maximum atomic E-state index is 10.8. The number of hydrogen-bond acceptors (Lipinski definition) is 4. The minimum Gasteiger partial charge on any atom is -0.772 e. The van der Waals surface area contributed by atoms with Gasteiger partial charge >= 0.3 is 35.5 Å². The fourth-order valence-electron chi connectivity index (χ4n) is 1.18. The van der Waals surface area contributed by atoms with Crippen LogP contribution in [0.2, 0.25) is 0 Å². The van der Waals surface area contributed by atoms with Crippen LogP contribution in [0.1, 0.15) is 19.3 Å². The van der Waals surface area contributed by atoms with Crippen LogP contribution in [-0.2, 0) is 20.6 Å². The van der Waals surface area contributed by atoms with E-state index < -0.39 is 11.1 Å². The summed E-state index contributed by atoms with van der Waals surface area (Å²) in [5, 5.41) is 0. The van der Waals surface area contributed by atoms with Crippen LogP contribution in [0.5, 0.6) is 0 Å². The monoisotopic (exact) mass is 214 g/mol. The molecule has 0 aromatic rings. The number of carbonyl (C=O) groups is 1. The number of carbonyl (C=O) groups excluding carboxylic acids is 1. The molecule has 0 heterocycles. The Morgan fingerprint density at radius 1 is 1.62 bits per heavy atom. The first-order valence-corrected chi connectivity index (χ1v) is 4.95. The maximum absolute atomic E-state index is 10.8. The first-order valence-electron chi connectivity index (χ1n) is 3.71. The van der Waals surface area contributed by atoms with E-state index in [0.717, 1.165) is 12.8 Å². The molecular weight excluding hydrogens is 203 g/mol. The van der Waals surface area contributed by atoms with Crippen LogP contribution in [0.25, 0.3) is 0 Å². The fraction of sp³-hybridized carbons (Fsp3) is 0.857. The smallest absolute Gasteiger partial charge is 0.772 e. The van der Waals surface area contributed by atoms with Gasteiger partial charge < -0.3 is 9.29 Å². The van der Waals surface area contributed by atoms with E-state index in [0.29, 0.717) is 0 Å². The molecule has 0 bridgehead atoms. The van der Waals surface area contributed by atoms with Gasteiger partial charge in [-0.15, -0.1) is 0 Å². The molecule has 1 unspecified atom stereocenters. The Bertz CT molecular complexity index is 215. The number of esters is 1. The molecule has 0 N–H and O–H groups in total. The zero-order chi connectivity index (χ0) is 9.19. The van der Waals surface area contributed by atoms with Crippen LogP contribution in [0.15, 0.2) is 0 Å². The first-order chi connectivity index (χ1) is 5.58. The summed E-state index contributed by atoms with van der Waals surface area (Å²) in [5.74, 6) is -0.236. The largest absolute Gasteiger partial charge is 1.00 e. The van der Waals surface area contributed by atoms with Crippen LogP contribution >= 0.6 is 0 Å². The summed E-state index contributed by atoms with van der Waals surface area (Å²) >= 11 is -2.05. The molecule has 4 nitrogen and oxygen atoms in total. The number of rotatable bonds is 4. The van der Waals surface area contributed by atoms with Crippen LogP contribution in [-0.4, -0.2) is 27.6 Å². The number of methoxy groups -OCH3 is 1.